The average Bonchev–Trinajstić information content (AvgIpc) is 3.01. The van der Waals surface area contributed by atoms with Gasteiger partial charge in [-0.15, -0.1) is 0 Å². The number of aliphatic hydroxyl groups excluding tert-OH is 2. The number of hydrogen-bond acceptors (Lipinski definition) is 3. The van der Waals surface area contributed by atoms with E-state index < -0.39 is 17.8 Å². The number of aliphatic hydroxyl groups is 3. The first-order valence-electron chi connectivity index (χ1n) is 13.1. The zero-order chi connectivity index (χ0) is 21.9. The van der Waals surface area contributed by atoms with Gasteiger partial charge in [-0.1, -0.05) is 53.9 Å². The molecule has 4 fully saturated rings. The van der Waals surface area contributed by atoms with Crippen LogP contribution in [0, 0.1) is 46.3 Å². The molecule has 0 radical (unpaired) electrons. The van der Waals surface area contributed by atoms with E-state index in [0.717, 1.165) is 37.0 Å². The molecule has 0 heterocycles. The van der Waals surface area contributed by atoms with Crippen LogP contribution in [0.25, 0.3) is 0 Å². The van der Waals surface area contributed by atoms with E-state index in [4.69, 9.17) is 0 Å². The summed E-state index contributed by atoms with van der Waals surface area (Å²) in [7, 11) is 0. The van der Waals surface area contributed by atoms with Crippen LogP contribution in [0.2, 0.25) is 0 Å². The van der Waals surface area contributed by atoms with Crippen LogP contribution in [0.5, 0.6) is 0 Å². The highest BCUT2D eigenvalue weighted by Crippen LogP contribution is 2.69. The largest absolute Gasteiger partial charge is 0.393 e. The molecule has 3 heteroatoms. The Morgan fingerprint density at radius 1 is 0.900 bits per heavy atom. The highest BCUT2D eigenvalue weighted by molar-refractivity contribution is 5.17. The zero-order valence-electron chi connectivity index (χ0n) is 20.2. The molecule has 30 heavy (non-hydrogen) atoms. The van der Waals surface area contributed by atoms with Crippen molar-refractivity contribution in [3.8, 4) is 0 Å². The first-order chi connectivity index (χ1) is 14.0. The normalized spacial score (nSPS) is 51.9. The van der Waals surface area contributed by atoms with E-state index in [9.17, 15) is 15.3 Å². The first-order valence-corrected chi connectivity index (χ1v) is 13.1. The molecule has 0 aromatic rings. The Bertz CT molecular complexity index is 619. The highest BCUT2D eigenvalue weighted by atomic mass is 16.3. The van der Waals surface area contributed by atoms with Gasteiger partial charge in [0.15, 0.2) is 0 Å². The Morgan fingerprint density at radius 2 is 1.63 bits per heavy atom. The van der Waals surface area contributed by atoms with Crippen molar-refractivity contribution < 1.29 is 15.3 Å². The van der Waals surface area contributed by atoms with Gasteiger partial charge in [-0.2, -0.15) is 0 Å². The Labute approximate surface area is 185 Å². The summed E-state index contributed by atoms with van der Waals surface area (Å²) < 4.78 is 0. The van der Waals surface area contributed by atoms with Gasteiger partial charge in [0, 0.05) is 11.8 Å². The second kappa shape index (κ2) is 8.03. The van der Waals surface area contributed by atoms with Crippen molar-refractivity contribution in [1.82, 2.24) is 0 Å². The molecule has 4 aliphatic rings. The van der Waals surface area contributed by atoms with Crippen LogP contribution in [0.15, 0.2) is 0 Å². The molecular formula is C27H48O3. The average molecular weight is 421 g/mol. The summed E-state index contributed by atoms with van der Waals surface area (Å²) in [6.07, 6.45) is 10.7. The molecule has 3 N–H and O–H groups in total. The van der Waals surface area contributed by atoms with Gasteiger partial charge in [0.1, 0.15) is 0 Å². The molecule has 4 aliphatic carbocycles. The summed E-state index contributed by atoms with van der Waals surface area (Å²) in [4.78, 5) is 0. The molecule has 0 spiro atoms. The Kier molecular flexibility index (Phi) is 6.17. The second-order valence-electron chi connectivity index (χ2n) is 12.9. The molecular weight excluding hydrogens is 372 g/mol. The van der Waals surface area contributed by atoms with Crippen molar-refractivity contribution in [3.63, 3.8) is 0 Å². The van der Waals surface area contributed by atoms with Crippen LogP contribution < -0.4 is 0 Å². The lowest BCUT2D eigenvalue weighted by Gasteiger charge is -2.65. The molecule has 0 aliphatic heterocycles. The summed E-state index contributed by atoms with van der Waals surface area (Å²) in [6, 6.07) is 0. The lowest BCUT2D eigenvalue weighted by molar-refractivity contribution is -0.264. The predicted molar refractivity (Wildman–Crippen MR) is 122 cm³/mol. The van der Waals surface area contributed by atoms with Gasteiger partial charge >= 0.3 is 0 Å². The molecule has 0 amide bonds. The fourth-order valence-electron chi connectivity index (χ4n) is 9.29. The number of hydrogen-bond donors (Lipinski definition) is 3. The van der Waals surface area contributed by atoms with Crippen molar-refractivity contribution in [2.45, 2.75) is 123 Å². The maximum absolute atomic E-state index is 11.6. The van der Waals surface area contributed by atoms with Crippen LogP contribution in [0.1, 0.15) is 105 Å². The minimum Gasteiger partial charge on any atom is -0.393 e. The predicted octanol–water partition coefficient (Wildman–Crippen LogP) is 5.55. The first kappa shape index (κ1) is 23.1. The van der Waals surface area contributed by atoms with E-state index in [-0.39, 0.29) is 5.41 Å². The van der Waals surface area contributed by atoms with Crippen molar-refractivity contribution in [1.29, 1.82) is 0 Å². The fourth-order valence-corrected chi connectivity index (χ4v) is 9.29. The van der Waals surface area contributed by atoms with E-state index in [0.29, 0.717) is 29.6 Å². The maximum atomic E-state index is 11.6. The lowest BCUT2D eigenvalue weighted by atomic mass is 9.42. The minimum atomic E-state index is -1.11. The topological polar surface area (TPSA) is 60.7 Å². The second-order valence-corrected chi connectivity index (χ2v) is 12.9. The molecule has 174 valence electrons. The molecule has 0 saturated heterocycles. The van der Waals surface area contributed by atoms with Gasteiger partial charge in [-0.3, -0.25) is 0 Å². The molecule has 0 aromatic heterocycles. The van der Waals surface area contributed by atoms with E-state index in [1.165, 1.54) is 44.9 Å². The fraction of sp³-hybridized carbons (Fsp3) is 1.00. The van der Waals surface area contributed by atoms with Crippen molar-refractivity contribution >= 4 is 0 Å². The molecule has 10 atom stereocenters. The van der Waals surface area contributed by atoms with E-state index in [2.05, 4.69) is 34.6 Å². The minimum absolute atomic E-state index is 0.253. The molecule has 4 rings (SSSR count). The SMILES string of the molecule is CC(C)CCC[C@@H](C)C1CCC2C3CC(O)[C@@]4(O)CC(O)CCC4(C)C3CCC21C. The van der Waals surface area contributed by atoms with Crippen molar-refractivity contribution in [3.05, 3.63) is 0 Å². The van der Waals surface area contributed by atoms with Gasteiger partial charge < -0.3 is 15.3 Å². The third-order valence-corrected chi connectivity index (χ3v) is 11.0. The van der Waals surface area contributed by atoms with E-state index >= 15 is 0 Å². The third-order valence-electron chi connectivity index (χ3n) is 11.0. The Hall–Kier alpha value is -0.120. The molecule has 4 saturated carbocycles. The summed E-state index contributed by atoms with van der Waals surface area (Å²) in [5.74, 6) is 4.13. The standard InChI is InChI=1S/C27H48O3/c1-17(2)7-6-8-18(3)21-9-10-22-20-15-24(29)27(30)16-19(28)11-14-26(27,5)23(20)12-13-25(21,22)4/h17-24,28-30H,6-16H2,1-5H3/t18-,19?,20?,21?,22?,23?,24?,25?,26?,27+/m1/s1. The summed E-state index contributed by atoms with van der Waals surface area (Å²) in [5, 5.41) is 33.0. The van der Waals surface area contributed by atoms with Crippen molar-refractivity contribution in [2.24, 2.45) is 46.3 Å². The smallest absolute Gasteiger partial charge is 0.0985 e. The molecule has 8 unspecified atom stereocenters. The zero-order valence-corrected chi connectivity index (χ0v) is 20.2. The van der Waals surface area contributed by atoms with Gasteiger partial charge in [-0.25, -0.2) is 0 Å². The number of rotatable bonds is 5. The monoisotopic (exact) mass is 420 g/mol. The summed E-state index contributed by atoms with van der Waals surface area (Å²) in [5.41, 5.74) is -0.962. The van der Waals surface area contributed by atoms with Crippen LogP contribution in [-0.4, -0.2) is 33.1 Å². The quantitative estimate of drug-likeness (QED) is 0.546. The van der Waals surface area contributed by atoms with Crippen molar-refractivity contribution in [2.75, 3.05) is 0 Å². The maximum Gasteiger partial charge on any atom is 0.0985 e. The van der Waals surface area contributed by atoms with Crippen LogP contribution in [0.3, 0.4) is 0 Å². The van der Waals surface area contributed by atoms with Crippen LogP contribution >= 0.6 is 0 Å². The molecule has 3 nitrogen and oxygen atoms in total. The Balaban J connectivity index is 1.53. The van der Waals surface area contributed by atoms with E-state index in [1.807, 2.05) is 0 Å². The third kappa shape index (κ3) is 3.41. The van der Waals surface area contributed by atoms with E-state index in [1.54, 1.807) is 0 Å². The summed E-state index contributed by atoms with van der Waals surface area (Å²) in [6.45, 7) is 12.0. The van der Waals surface area contributed by atoms with Gasteiger partial charge in [-0.05, 0) is 85.9 Å². The summed E-state index contributed by atoms with van der Waals surface area (Å²) >= 11 is 0. The number of fused-ring (bicyclic) bond motifs is 5. The highest BCUT2D eigenvalue weighted by Gasteiger charge is 2.67. The van der Waals surface area contributed by atoms with Crippen LogP contribution in [0.4, 0.5) is 0 Å². The van der Waals surface area contributed by atoms with Crippen LogP contribution in [-0.2, 0) is 0 Å². The van der Waals surface area contributed by atoms with Gasteiger partial charge in [0.05, 0.1) is 17.8 Å². The van der Waals surface area contributed by atoms with Gasteiger partial charge in [0.2, 0.25) is 0 Å². The van der Waals surface area contributed by atoms with Gasteiger partial charge in [0.25, 0.3) is 0 Å². The molecule has 0 aromatic carbocycles. The lowest BCUT2D eigenvalue weighted by Crippen LogP contribution is -2.68. The molecule has 0 bridgehead atoms. The Morgan fingerprint density at radius 3 is 2.33 bits per heavy atom.